The molecule has 0 fully saturated rings. The van der Waals surface area contributed by atoms with Crippen LogP contribution in [-0.4, -0.2) is 23.3 Å². The minimum absolute atomic E-state index is 0.343. The van der Waals surface area contributed by atoms with Crippen LogP contribution in [0.1, 0.15) is 36.9 Å². The van der Waals surface area contributed by atoms with Crippen molar-refractivity contribution in [3.05, 3.63) is 59.6 Å². The fourth-order valence-electron chi connectivity index (χ4n) is 2.38. The van der Waals surface area contributed by atoms with Crippen LogP contribution in [0.15, 0.2) is 56.5 Å². The van der Waals surface area contributed by atoms with Crippen molar-refractivity contribution in [1.82, 2.24) is 20.9 Å². The Morgan fingerprint density at radius 3 is 2.50 bits per heavy atom. The first-order valence-corrected chi connectivity index (χ1v) is 8.56. The highest BCUT2D eigenvalue weighted by atomic mass is 16.5. The molecule has 2 heterocycles. The normalized spacial score (nSPS) is 11.8. The molecule has 0 aliphatic rings. The van der Waals surface area contributed by atoms with E-state index in [0.717, 1.165) is 28.5 Å². The maximum Gasteiger partial charge on any atom is 0.191 e. The Balaban J connectivity index is 1.52. The topological polar surface area (TPSA) is 88.5 Å². The van der Waals surface area contributed by atoms with Crippen molar-refractivity contribution in [1.29, 1.82) is 0 Å². The van der Waals surface area contributed by atoms with Crippen LogP contribution in [0.4, 0.5) is 0 Å². The minimum atomic E-state index is 0.343. The van der Waals surface area contributed by atoms with E-state index >= 15 is 0 Å². The number of benzene rings is 1. The first-order chi connectivity index (χ1) is 12.7. The Morgan fingerprint density at radius 2 is 1.81 bits per heavy atom. The summed E-state index contributed by atoms with van der Waals surface area (Å²) in [7, 11) is 1.72. The zero-order valence-corrected chi connectivity index (χ0v) is 15.2. The molecule has 0 aliphatic heterocycles. The standard InChI is InChI=1S/C19H23N5O2/c1-13(2)17-10-16(25-24-17)12-22-19(20-3)21-11-15-9-18(26-23-15)14-7-5-4-6-8-14/h4-10,13H,11-12H2,1-3H3,(H2,20,21,22). The van der Waals surface area contributed by atoms with E-state index in [1.54, 1.807) is 7.05 Å². The van der Waals surface area contributed by atoms with Gasteiger partial charge in [-0.1, -0.05) is 54.5 Å². The van der Waals surface area contributed by atoms with Gasteiger partial charge in [-0.3, -0.25) is 4.99 Å². The molecule has 1 aromatic carbocycles. The van der Waals surface area contributed by atoms with Gasteiger partial charge in [-0.15, -0.1) is 0 Å². The smallest absolute Gasteiger partial charge is 0.191 e. The molecular formula is C19H23N5O2. The van der Waals surface area contributed by atoms with Gasteiger partial charge in [-0.25, -0.2) is 0 Å². The molecule has 3 rings (SSSR count). The predicted molar refractivity (Wildman–Crippen MR) is 99.6 cm³/mol. The number of aromatic nitrogens is 2. The molecule has 0 saturated heterocycles. The van der Waals surface area contributed by atoms with Gasteiger partial charge >= 0.3 is 0 Å². The molecule has 0 spiro atoms. The Bertz CT molecular complexity index is 852. The average Bonchev–Trinajstić information content (AvgIpc) is 3.32. The lowest BCUT2D eigenvalue weighted by molar-refractivity contribution is 0.372. The fourth-order valence-corrected chi connectivity index (χ4v) is 2.38. The molecule has 136 valence electrons. The average molecular weight is 353 g/mol. The van der Waals surface area contributed by atoms with Gasteiger partial charge in [-0.05, 0) is 5.92 Å². The highest BCUT2D eigenvalue weighted by Gasteiger charge is 2.09. The van der Waals surface area contributed by atoms with Gasteiger partial charge in [-0.2, -0.15) is 0 Å². The van der Waals surface area contributed by atoms with E-state index in [2.05, 4.69) is 39.8 Å². The Hall–Kier alpha value is -3.09. The summed E-state index contributed by atoms with van der Waals surface area (Å²) in [6.45, 7) is 5.17. The summed E-state index contributed by atoms with van der Waals surface area (Å²) in [4.78, 5) is 4.20. The van der Waals surface area contributed by atoms with Gasteiger partial charge in [0.25, 0.3) is 0 Å². The van der Waals surface area contributed by atoms with E-state index in [9.17, 15) is 0 Å². The number of nitrogens with zero attached hydrogens (tertiary/aromatic N) is 3. The van der Waals surface area contributed by atoms with Crippen molar-refractivity contribution >= 4 is 5.96 Å². The third-order valence-corrected chi connectivity index (χ3v) is 3.88. The van der Waals surface area contributed by atoms with Crippen molar-refractivity contribution in [3.8, 4) is 11.3 Å². The SMILES string of the molecule is CN=C(NCc1cc(-c2ccccc2)on1)NCc1cc(C(C)C)no1. The van der Waals surface area contributed by atoms with Gasteiger partial charge in [0.05, 0.1) is 18.8 Å². The van der Waals surface area contributed by atoms with Crippen LogP contribution in [0.5, 0.6) is 0 Å². The molecule has 0 aliphatic carbocycles. The third kappa shape index (κ3) is 4.50. The fraction of sp³-hybridized carbons (Fsp3) is 0.316. The first-order valence-electron chi connectivity index (χ1n) is 8.56. The molecule has 2 aromatic heterocycles. The van der Waals surface area contributed by atoms with Gasteiger partial charge in [0.1, 0.15) is 5.69 Å². The lowest BCUT2D eigenvalue weighted by Gasteiger charge is -2.08. The van der Waals surface area contributed by atoms with Crippen LogP contribution in [0.2, 0.25) is 0 Å². The number of guanidine groups is 1. The third-order valence-electron chi connectivity index (χ3n) is 3.88. The molecule has 3 aromatic rings. The summed E-state index contributed by atoms with van der Waals surface area (Å²) >= 11 is 0. The molecule has 7 nitrogen and oxygen atoms in total. The largest absolute Gasteiger partial charge is 0.359 e. The summed E-state index contributed by atoms with van der Waals surface area (Å²) in [6, 6.07) is 13.7. The highest BCUT2D eigenvalue weighted by Crippen LogP contribution is 2.19. The van der Waals surface area contributed by atoms with Crippen molar-refractivity contribution in [2.75, 3.05) is 7.05 Å². The second kappa shape index (κ2) is 8.33. The van der Waals surface area contributed by atoms with Gasteiger partial charge in [0, 0.05) is 24.7 Å². The van der Waals surface area contributed by atoms with Crippen LogP contribution in [0, 0.1) is 0 Å². The van der Waals surface area contributed by atoms with E-state index in [1.807, 2.05) is 42.5 Å². The molecular weight excluding hydrogens is 330 g/mol. The molecule has 0 saturated carbocycles. The van der Waals surface area contributed by atoms with Gasteiger partial charge < -0.3 is 19.7 Å². The van der Waals surface area contributed by atoms with Crippen LogP contribution in [0.25, 0.3) is 11.3 Å². The lowest BCUT2D eigenvalue weighted by Crippen LogP contribution is -2.36. The number of rotatable bonds is 6. The summed E-state index contributed by atoms with van der Waals surface area (Å²) < 4.78 is 10.7. The van der Waals surface area contributed by atoms with Crippen molar-refractivity contribution in [2.45, 2.75) is 32.9 Å². The summed E-state index contributed by atoms with van der Waals surface area (Å²) in [5.41, 5.74) is 2.74. The molecule has 2 N–H and O–H groups in total. The Labute approximate surface area is 152 Å². The summed E-state index contributed by atoms with van der Waals surface area (Å²) in [6.07, 6.45) is 0. The lowest BCUT2D eigenvalue weighted by atomic mass is 10.1. The van der Waals surface area contributed by atoms with E-state index in [1.165, 1.54) is 0 Å². The van der Waals surface area contributed by atoms with Gasteiger partial charge in [0.15, 0.2) is 17.5 Å². The monoisotopic (exact) mass is 353 g/mol. The van der Waals surface area contributed by atoms with E-state index in [4.69, 9.17) is 9.05 Å². The number of nitrogens with one attached hydrogen (secondary N) is 2. The van der Waals surface area contributed by atoms with Crippen LogP contribution >= 0.6 is 0 Å². The van der Waals surface area contributed by atoms with Crippen molar-refractivity contribution in [2.24, 2.45) is 4.99 Å². The number of hydrogen-bond donors (Lipinski definition) is 2. The molecule has 0 atom stereocenters. The van der Waals surface area contributed by atoms with Crippen LogP contribution < -0.4 is 10.6 Å². The molecule has 7 heteroatoms. The molecule has 0 bridgehead atoms. The predicted octanol–water partition coefficient (Wildman–Crippen LogP) is 3.32. The molecule has 26 heavy (non-hydrogen) atoms. The zero-order valence-electron chi connectivity index (χ0n) is 15.2. The van der Waals surface area contributed by atoms with Gasteiger partial charge in [0.2, 0.25) is 0 Å². The Kier molecular flexibility index (Phi) is 5.68. The first kappa shape index (κ1) is 17.7. The molecule has 0 unspecified atom stereocenters. The summed E-state index contributed by atoms with van der Waals surface area (Å²) in [5.74, 6) is 2.50. The highest BCUT2D eigenvalue weighted by molar-refractivity contribution is 5.79. The minimum Gasteiger partial charge on any atom is -0.359 e. The second-order valence-electron chi connectivity index (χ2n) is 6.20. The van der Waals surface area contributed by atoms with E-state index in [0.29, 0.717) is 25.0 Å². The maximum atomic E-state index is 5.40. The van der Waals surface area contributed by atoms with E-state index in [-0.39, 0.29) is 0 Å². The number of aliphatic imine (C=N–C) groups is 1. The van der Waals surface area contributed by atoms with Crippen LogP contribution in [-0.2, 0) is 13.1 Å². The summed E-state index contributed by atoms with van der Waals surface area (Å²) in [5, 5.41) is 14.5. The number of hydrogen-bond acceptors (Lipinski definition) is 5. The van der Waals surface area contributed by atoms with Crippen LogP contribution in [0.3, 0.4) is 0 Å². The quantitative estimate of drug-likeness (QED) is 0.522. The van der Waals surface area contributed by atoms with Crippen molar-refractivity contribution in [3.63, 3.8) is 0 Å². The second-order valence-corrected chi connectivity index (χ2v) is 6.20. The maximum absolute atomic E-state index is 5.40. The molecule has 0 radical (unpaired) electrons. The molecule has 0 amide bonds. The van der Waals surface area contributed by atoms with E-state index < -0.39 is 0 Å². The zero-order chi connectivity index (χ0) is 18.4. The van der Waals surface area contributed by atoms with Crippen molar-refractivity contribution < 1.29 is 9.05 Å². The Morgan fingerprint density at radius 1 is 1.04 bits per heavy atom.